The van der Waals surface area contributed by atoms with Crippen LogP contribution in [0, 0.1) is 6.92 Å². The van der Waals surface area contributed by atoms with Crippen LogP contribution < -0.4 is 9.84 Å². The first-order valence-electron chi connectivity index (χ1n) is 10.7. The topological polar surface area (TPSA) is 62.2 Å². The number of carbonyl (C=O) groups excluding carboxylic acids is 1. The van der Waals surface area contributed by atoms with E-state index in [1.165, 1.54) is 15.8 Å². The van der Waals surface area contributed by atoms with Gasteiger partial charge in [-0.25, -0.2) is 4.98 Å². The molecule has 0 amide bonds. The molecular weight excluding hydrogens is 394 g/mol. The molecule has 1 aromatic carbocycles. The normalized spacial score (nSPS) is 15.2. The molecule has 0 aliphatic heterocycles. The Morgan fingerprint density at radius 3 is 2.63 bits per heavy atom. The largest absolute Gasteiger partial charge is 0.549 e. The summed E-state index contributed by atoms with van der Waals surface area (Å²) in [5.41, 5.74) is 4.23. The number of ether oxygens (including phenoxy) is 1. The van der Waals surface area contributed by atoms with E-state index in [1.54, 1.807) is 18.4 Å². The van der Waals surface area contributed by atoms with Crippen LogP contribution in [0.15, 0.2) is 24.3 Å². The lowest BCUT2D eigenvalue weighted by Crippen LogP contribution is -2.45. The first kappa shape index (κ1) is 20.9. The Kier molecular flexibility index (Phi) is 5.58. The standard InChI is InChI=1S/C25H29NO3S/c1-5-13-25(3,24(27)28)22-15(2)26-23-21(18-7-6-8-20(18)30-23)19(22)14-16-9-11-17(29-4)12-10-16/h9-12H,5-8,13-14H2,1-4H3,(H,27,28)/p-1. The van der Waals surface area contributed by atoms with Crippen molar-refractivity contribution in [3.8, 4) is 5.75 Å². The number of carbonyl (C=O) groups is 1. The van der Waals surface area contributed by atoms with Gasteiger partial charge in [0.05, 0.1) is 13.1 Å². The molecule has 4 nitrogen and oxygen atoms in total. The van der Waals surface area contributed by atoms with E-state index >= 15 is 0 Å². The minimum absolute atomic E-state index is 0.533. The van der Waals surface area contributed by atoms with E-state index in [0.717, 1.165) is 58.6 Å². The summed E-state index contributed by atoms with van der Waals surface area (Å²) in [6, 6.07) is 8.05. The summed E-state index contributed by atoms with van der Waals surface area (Å²) >= 11 is 1.78. The number of rotatable bonds is 7. The summed E-state index contributed by atoms with van der Waals surface area (Å²) < 4.78 is 5.30. The van der Waals surface area contributed by atoms with Crippen molar-refractivity contribution in [1.82, 2.24) is 4.98 Å². The van der Waals surface area contributed by atoms with Crippen LogP contribution in [0.4, 0.5) is 0 Å². The fourth-order valence-corrected chi connectivity index (χ4v) is 6.36. The van der Waals surface area contributed by atoms with Gasteiger partial charge in [0.2, 0.25) is 0 Å². The van der Waals surface area contributed by atoms with Crippen LogP contribution >= 0.6 is 11.3 Å². The molecule has 0 bridgehead atoms. The van der Waals surface area contributed by atoms with Crippen LogP contribution in [0.3, 0.4) is 0 Å². The molecule has 30 heavy (non-hydrogen) atoms. The smallest absolute Gasteiger partial charge is 0.124 e. The molecule has 0 spiro atoms. The van der Waals surface area contributed by atoms with Crippen LogP contribution in [0.25, 0.3) is 10.2 Å². The van der Waals surface area contributed by atoms with Crippen LogP contribution in [0.1, 0.15) is 65.9 Å². The number of fused-ring (bicyclic) bond motifs is 3. The van der Waals surface area contributed by atoms with Crippen molar-refractivity contribution >= 4 is 27.5 Å². The summed E-state index contributed by atoms with van der Waals surface area (Å²) in [4.78, 5) is 19.8. The van der Waals surface area contributed by atoms with E-state index in [2.05, 4.69) is 12.1 Å². The average Bonchev–Trinajstić information content (AvgIpc) is 3.29. The number of carboxylic acids is 1. The molecule has 0 radical (unpaired) electrons. The number of nitrogens with zero attached hydrogens (tertiary/aromatic N) is 1. The van der Waals surface area contributed by atoms with Crippen molar-refractivity contribution in [1.29, 1.82) is 0 Å². The van der Waals surface area contributed by atoms with E-state index < -0.39 is 11.4 Å². The summed E-state index contributed by atoms with van der Waals surface area (Å²) in [6.45, 7) is 5.79. The van der Waals surface area contributed by atoms with E-state index in [0.29, 0.717) is 12.8 Å². The van der Waals surface area contributed by atoms with Gasteiger partial charge in [0.15, 0.2) is 0 Å². The fraction of sp³-hybridized carbons (Fsp3) is 0.440. The molecule has 1 aliphatic carbocycles. The molecule has 0 N–H and O–H groups in total. The van der Waals surface area contributed by atoms with Crippen molar-refractivity contribution in [2.75, 3.05) is 7.11 Å². The Bertz CT molecular complexity index is 1100. The molecule has 1 aliphatic rings. The second kappa shape index (κ2) is 8.03. The van der Waals surface area contributed by atoms with Gasteiger partial charge in [0.25, 0.3) is 0 Å². The highest BCUT2D eigenvalue weighted by Gasteiger charge is 2.35. The van der Waals surface area contributed by atoms with Crippen molar-refractivity contribution in [3.05, 3.63) is 57.1 Å². The number of hydrogen-bond donors (Lipinski definition) is 0. The third-order valence-corrected chi connectivity index (χ3v) is 7.62. The zero-order valence-corrected chi connectivity index (χ0v) is 18.9. The predicted octanol–water partition coefficient (Wildman–Crippen LogP) is 4.50. The van der Waals surface area contributed by atoms with Crippen molar-refractivity contribution in [3.63, 3.8) is 0 Å². The third kappa shape index (κ3) is 3.39. The highest BCUT2D eigenvalue weighted by atomic mass is 32.1. The number of thiophene rings is 1. The van der Waals surface area contributed by atoms with Crippen LogP contribution in [-0.4, -0.2) is 18.1 Å². The minimum Gasteiger partial charge on any atom is -0.549 e. The van der Waals surface area contributed by atoms with Gasteiger partial charge in [-0.15, -0.1) is 11.3 Å². The lowest BCUT2D eigenvalue weighted by molar-refractivity contribution is -0.313. The maximum atomic E-state index is 12.4. The molecule has 1 atom stereocenters. The highest BCUT2D eigenvalue weighted by Crippen LogP contribution is 2.44. The summed E-state index contributed by atoms with van der Waals surface area (Å²) in [6.07, 6.45) is 5.28. The first-order valence-corrected chi connectivity index (χ1v) is 11.5. The first-order chi connectivity index (χ1) is 14.4. The predicted molar refractivity (Wildman–Crippen MR) is 119 cm³/mol. The molecule has 2 heterocycles. The Balaban J connectivity index is 1.98. The lowest BCUT2D eigenvalue weighted by atomic mass is 9.74. The maximum absolute atomic E-state index is 12.4. The van der Waals surface area contributed by atoms with Gasteiger partial charge in [-0.05, 0) is 73.4 Å². The SMILES string of the molecule is CCCC(C)(C(=O)[O-])c1c(C)nc2sc3c(c2c1Cc1ccc(OC)cc1)CCC3. The number of methoxy groups -OCH3 is 1. The van der Waals surface area contributed by atoms with Gasteiger partial charge in [-0.1, -0.05) is 32.4 Å². The lowest BCUT2D eigenvalue weighted by Gasteiger charge is -2.34. The van der Waals surface area contributed by atoms with E-state index in [1.807, 2.05) is 32.9 Å². The third-order valence-electron chi connectivity index (χ3n) is 6.43. The second-order valence-corrected chi connectivity index (χ2v) is 9.57. The number of aliphatic carboxylic acids is 1. The summed E-state index contributed by atoms with van der Waals surface area (Å²) in [5, 5.41) is 13.6. The number of aryl methyl sites for hydroxylation is 3. The zero-order chi connectivity index (χ0) is 21.5. The molecule has 5 heteroatoms. The Morgan fingerprint density at radius 2 is 2.00 bits per heavy atom. The average molecular weight is 423 g/mol. The fourth-order valence-electron chi connectivity index (χ4n) is 5.02. The van der Waals surface area contributed by atoms with Crippen LogP contribution in [-0.2, 0) is 29.5 Å². The molecule has 3 aromatic rings. The molecule has 0 saturated carbocycles. The monoisotopic (exact) mass is 422 g/mol. The maximum Gasteiger partial charge on any atom is 0.124 e. The quantitative estimate of drug-likeness (QED) is 0.562. The molecule has 1 unspecified atom stereocenters. The van der Waals surface area contributed by atoms with Crippen molar-refractivity contribution in [2.45, 2.75) is 64.7 Å². The molecule has 4 rings (SSSR count). The number of hydrogen-bond acceptors (Lipinski definition) is 5. The minimum atomic E-state index is -1.06. The van der Waals surface area contributed by atoms with E-state index in [-0.39, 0.29) is 0 Å². The number of benzene rings is 1. The van der Waals surface area contributed by atoms with Gasteiger partial charge in [-0.2, -0.15) is 0 Å². The Hall–Kier alpha value is -2.40. The number of pyridine rings is 1. The summed E-state index contributed by atoms with van der Waals surface area (Å²) in [5.74, 6) is -0.200. The van der Waals surface area contributed by atoms with E-state index in [4.69, 9.17) is 9.72 Å². The molecular formula is C25H28NO3S-. The summed E-state index contributed by atoms with van der Waals surface area (Å²) in [7, 11) is 1.66. The molecule has 0 fully saturated rings. The highest BCUT2D eigenvalue weighted by molar-refractivity contribution is 7.18. The van der Waals surface area contributed by atoms with Gasteiger partial charge in [0.1, 0.15) is 10.6 Å². The Morgan fingerprint density at radius 1 is 1.27 bits per heavy atom. The molecule has 0 saturated heterocycles. The van der Waals surface area contributed by atoms with Gasteiger partial charge in [0, 0.05) is 21.4 Å². The number of carboxylic acid groups (broad SMARTS) is 1. The van der Waals surface area contributed by atoms with E-state index in [9.17, 15) is 9.90 Å². The van der Waals surface area contributed by atoms with Gasteiger partial charge in [-0.3, -0.25) is 0 Å². The number of aromatic nitrogens is 1. The van der Waals surface area contributed by atoms with Crippen LogP contribution in [0.5, 0.6) is 5.75 Å². The second-order valence-electron chi connectivity index (χ2n) is 8.48. The van der Waals surface area contributed by atoms with Crippen molar-refractivity contribution < 1.29 is 14.6 Å². The molecule has 2 aromatic heterocycles. The molecule has 158 valence electrons. The zero-order valence-electron chi connectivity index (χ0n) is 18.1. The van der Waals surface area contributed by atoms with Crippen molar-refractivity contribution in [2.24, 2.45) is 0 Å². The Labute approximate surface area is 181 Å². The van der Waals surface area contributed by atoms with Crippen LogP contribution in [0.2, 0.25) is 0 Å². The van der Waals surface area contributed by atoms with Gasteiger partial charge < -0.3 is 14.6 Å². The van der Waals surface area contributed by atoms with Gasteiger partial charge >= 0.3 is 0 Å².